The van der Waals surface area contributed by atoms with Crippen LogP contribution in [0, 0.1) is 19.7 Å². The summed E-state index contributed by atoms with van der Waals surface area (Å²) in [6.07, 6.45) is 0.916. The third-order valence-electron chi connectivity index (χ3n) is 7.96. The molecule has 3 heterocycles. The first kappa shape index (κ1) is 29.4. The molecule has 2 aliphatic rings. The highest BCUT2D eigenvalue weighted by molar-refractivity contribution is 5.78. The van der Waals surface area contributed by atoms with Crippen LogP contribution in [0.1, 0.15) is 40.9 Å². The number of aryl methyl sites for hydroxylation is 3. The van der Waals surface area contributed by atoms with Crippen molar-refractivity contribution in [2.75, 3.05) is 26.8 Å². The minimum atomic E-state index is -0.453. The largest absolute Gasteiger partial charge is 0.493 e. The molecule has 0 aliphatic carbocycles. The van der Waals surface area contributed by atoms with Gasteiger partial charge in [-0.25, -0.2) is 4.39 Å². The number of hydrogen-bond donors (Lipinski definition) is 2. The predicted octanol–water partition coefficient (Wildman–Crippen LogP) is 2.96. The van der Waals surface area contributed by atoms with Gasteiger partial charge in [0, 0.05) is 57.0 Å². The van der Waals surface area contributed by atoms with Crippen LogP contribution in [-0.4, -0.2) is 65.4 Å². The van der Waals surface area contributed by atoms with Crippen LogP contribution in [0.15, 0.2) is 36.4 Å². The Hall–Kier alpha value is -4.12. The molecule has 0 saturated carbocycles. The fourth-order valence-electron chi connectivity index (χ4n) is 5.58. The lowest BCUT2D eigenvalue weighted by Crippen LogP contribution is -2.57. The first-order chi connectivity index (χ1) is 20.2. The number of piperidine rings is 1. The Morgan fingerprint density at radius 1 is 1.10 bits per heavy atom. The molecule has 224 valence electrons. The molecule has 11 heteroatoms. The van der Waals surface area contributed by atoms with E-state index in [0.29, 0.717) is 48.7 Å². The quantitative estimate of drug-likeness (QED) is 0.492. The number of carbonyl (C=O) groups excluding carboxylic acids is 2. The van der Waals surface area contributed by atoms with E-state index in [4.69, 9.17) is 14.2 Å². The van der Waals surface area contributed by atoms with Crippen molar-refractivity contribution in [3.8, 4) is 17.2 Å². The molecule has 2 aliphatic heterocycles. The van der Waals surface area contributed by atoms with Crippen molar-refractivity contribution in [3.05, 3.63) is 70.3 Å². The van der Waals surface area contributed by atoms with E-state index in [1.807, 2.05) is 31.6 Å². The summed E-state index contributed by atoms with van der Waals surface area (Å²) in [5, 5.41) is 10.5. The summed E-state index contributed by atoms with van der Waals surface area (Å²) in [5.41, 5.74) is 4.71. The van der Waals surface area contributed by atoms with Gasteiger partial charge in [0.2, 0.25) is 5.91 Å². The number of nitrogens with one attached hydrogen (secondary N) is 2. The van der Waals surface area contributed by atoms with Gasteiger partial charge >= 0.3 is 0 Å². The molecule has 10 nitrogen and oxygen atoms in total. The maximum absolute atomic E-state index is 14.6. The lowest BCUT2D eigenvalue weighted by Gasteiger charge is -2.39. The SMILES string of the molecule is COc1ccc2cc1OCC(=O)N[C@@H]1CN(Cc3c(C)nn(C)c3C)CC[C@H]1Oc1cc(F)cc(c1)CNC(=O)CC2. The molecular formula is C31H38FN5O5. The lowest BCUT2D eigenvalue weighted by atomic mass is 10.0. The van der Waals surface area contributed by atoms with Gasteiger partial charge in [-0.05, 0) is 62.1 Å². The van der Waals surface area contributed by atoms with E-state index in [1.165, 1.54) is 19.2 Å². The molecule has 2 aromatic carbocycles. The van der Waals surface area contributed by atoms with Crippen LogP contribution in [0.25, 0.3) is 0 Å². The average molecular weight is 580 g/mol. The van der Waals surface area contributed by atoms with Gasteiger partial charge in [0.25, 0.3) is 5.91 Å². The molecular weight excluding hydrogens is 541 g/mol. The zero-order valence-corrected chi connectivity index (χ0v) is 24.5. The number of amides is 2. The number of carbonyl (C=O) groups is 2. The number of rotatable bonds is 3. The van der Waals surface area contributed by atoms with Gasteiger partial charge in [0.05, 0.1) is 18.8 Å². The third-order valence-corrected chi connectivity index (χ3v) is 7.96. The summed E-state index contributed by atoms with van der Waals surface area (Å²) < 4.78 is 34.1. The van der Waals surface area contributed by atoms with Crippen molar-refractivity contribution in [3.63, 3.8) is 0 Å². The van der Waals surface area contributed by atoms with Crippen LogP contribution in [0.2, 0.25) is 0 Å². The fourth-order valence-corrected chi connectivity index (χ4v) is 5.58. The number of nitrogens with zero attached hydrogens (tertiary/aromatic N) is 3. The van der Waals surface area contributed by atoms with Crippen molar-refractivity contribution in [2.24, 2.45) is 7.05 Å². The van der Waals surface area contributed by atoms with Gasteiger partial charge < -0.3 is 24.8 Å². The zero-order valence-electron chi connectivity index (χ0n) is 24.5. The monoisotopic (exact) mass is 579 g/mol. The maximum Gasteiger partial charge on any atom is 0.258 e. The number of aromatic nitrogens is 2. The van der Waals surface area contributed by atoms with Crippen molar-refractivity contribution >= 4 is 11.8 Å². The number of methoxy groups -OCH3 is 1. The number of halogens is 1. The summed E-state index contributed by atoms with van der Waals surface area (Å²) in [6, 6.07) is 9.48. The van der Waals surface area contributed by atoms with Gasteiger partial charge in [-0.15, -0.1) is 0 Å². The Bertz CT molecular complexity index is 1460. The van der Waals surface area contributed by atoms with Gasteiger partial charge in [-0.1, -0.05) is 6.07 Å². The second kappa shape index (κ2) is 12.8. The minimum Gasteiger partial charge on any atom is -0.493 e. The fraction of sp³-hybridized carbons (Fsp3) is 0.452. The second-order valence-electron chi connectivity index (χ2n) is 11.0. The smallest absolute Gasteiger partial charge is 0.258 e. The molecule has 0 unspecified atom stereocenters. The van der Waals surface area contributed by atoms with Gasteiger partial charge in [0.15, 0.2) is 18.1 Å². The number of likely N-dealkylation sites (tertiary alicyclic amines) is 1. The Labute approximate surface area is 245 Å². The molecule has 5 rings (SSSR count). The zero-order chi connectivity index (χ0) is 29.8. The van der Waals surface area contributed by atoms with Crippen molar-refractivity contribution in [2.45, 2.75) is 58.3 Å². The van der Waals surface area contributed by atoms with Gasteiger partial charge in [-0.3, -0.25) is 19.2 Å². The Morgan fingerprint density at radius 3 is 2.69 bits per heavy atom. The molecule has 2 amide bonds. The van der Waals surface area contributed by atoms with Crippen LogP contribution < -0.4 is 24.8 Å². The minimum absolute atomic E-state index is 0.160. The van der Waals surface area contributed by atoms with E-state index in [9.17, 15) is 14.0 Å². The Balaban J connectivity index is 1.40. The average Bonchev–Trinajstić information content (AvgIpc) is 3.20. The van der Waals surface area contributed by atoms with Crippen LogP contribution in [-0.2, 0) is 36.1 Å². The van der Waals surface area contributed by atoms with Crippen molar-refractivity contribution < 1.29 is 28.2 Å². The van der Waals surface area contributed by atoms with E-state index >= 15 is 0 Å². The highest BCUT2D eigenvalue weighted by Crippen LogP contribution is 2.29. The molecule has 1 saturated heterocycles. The van der Waals surface area contributed by atoms with Gasteiger partial charge in [-0.2, -0.15) is 5.10 Å². The van der Waals surface area contributed by atoms with Crippen LogP contribution in [0.5, 0.6) is 17.2 Å². The van der Waals surface area contributed by atoms with Crippen LogP contribution >= 0.6 is 0 Å². The molecule has 4 bridgehead atoms. The molecule has 3 aromatic rings. The van der Waals surface area contributed by atoms with Crippen molar-refractivity contribution in [1.82, 2.24) is 25.3 Å². The Kier molecular flexibility index (Phi) is 8.96. The molecule has 42 heavy (non-hydrogen) atoms. The summed E-state index contributed by atoms with van der Waals surface area (Å²) in [6.45, 7) is 5.94. The molecule has 0 spiro atoms. The first-order valence-electron chi connectivity index (χ1n) is 14.2. The van der Waals surface area contributed by atoms with E-state index in [2.05, 4.69) is 20.6 Å². The number of benzene rings is 2. The molecule has 2 atom stereocenters. The lowest BCUT2D eigenvalue weighted by molar-refractivity contribution is -0.125. The summed E-state index contributed by atoms with van der Waals surface area (Å²) in [7, 11) is 3.47. The highest BCUT2D eigenvalue weighted by Gasteiger charge is 2.33. The number of fused-ring (bicyclic) bond motifs is 5. The predicted molar refractivity (Wildman–Crippen MR) is 154 cm³/mol. The van der Waals surface area contributed by atoms with E-state index < -0.39 is 11.9 Å². The maximum atomic E-state index is 14.6. The molecule has 0 radical (unpaired) electrons. The van der Waals surface area contributed by atoms with Gasteiger partial charge in [0.1, 0.15) is 17.7 Å². The number of hydrogen-bond acceptors (Lipinski definition) is 7. The summed E-state index contributed by atoms with van der Waals surface area (Å²) in [5.74, 6) is 0.360. The van der Waals surface area contributed by atoms with E-state index in [1.54, 1.807) is 18.2 Å². The second-order valence-corrected chi connectivity index (χ2v) is 11.0. The van der Waals surface area contributed by atoms with E-state index in [0.717, 1.165) is 29.1 Å². The Morgan fingerprint density at radius 2 is 1.93 bits per heavy atom. The van der Waals surface area contributed by atoms with Crippen LogP contribution in [0.4, 0.5) is 4.39 Å². The molecule has 1 fully saturated rings. The standard InChI is InChI=1S/C31H38FN5O5/c1-19-25(20(2)36(3)35-19)16-37-10-9-27-26(17-37)34-31(39)18-41-29-13-21(5-7-28(29)40-4)6-8-30(38)33-15-22-11-23(32)14-24(12-22)42-27/h5,7,11-14,26-27H,6,8-10,15-18H2,1-4H3,(H,33,38)(H,34,39)/t26-,27-/m1/s1. The van der Waals surface area contributed by atoms with Crippen molar-refractivity contribution in [1.29, 1.82) is 0 Å². The topological polar surface area (TPSA) is 107 Å². The van der Waals surface area contributed by atoms with Crippen LogP contribution in [0.3, 0.4) is 0 Å². The molecule has 1 aromatic heterocycles. The third kappa shape index (κ3) is 7.02. The summed E-state index contributed by atoms with van der Waals surface area (Å²) in [4.78, 5) is 28.0. The van der Waals surface area contributed by atoms with E-state index in [-0.39, 0.29) is 37.4 Å². The summed E-state index contributed by atoms with van der Waals surface area (Å²) >= 11 is 0. The first-order valence-corrected chi connectivity index (χ1v) is 14.2. The number of ether oxygens (including phenoxy) is 3. The normalized spacial score (nSPS) is 20.2. The molecule has 2 N–H and O–H groups in total. The highest BCUT2D eigenvalue weighted by atomic mass is 19.1.